The summed E-state index contributed by atoms with van der Waals surface area (Å²) in [6.07, 6.45) is -4.91. The quantitative estimate of drug-likeness (QED) is 0.405. The van der Waals surface area contributed by atoms with Gasteiger partial charge in [-0.1, -0.05) is 0 Å². The average Bonchev–Trinajstić information content (AvgIpc) is 2.51. The van der Waals surface area contributed by atoms with Crippen molar-refractivity contribution in [3.8, 4) is 0 Å². The van der Waals surface area contributed by atoms with Crippen molar-refractivity contribution in [1.82, 2.24) is 4.90 Å². The second-order valence-electron chi connectivity index (χ2n) is 4.06. The third-order valence-corrected chi connectivity index (χ3v) is 3.26. The highest BCUT2D eigenvalue weighted by atomic mass is 19.3. The summed E-state index contributed by atoms with van der Waals surface area (Å²) < 4.78 is 26.8. The van der Waals surface area contributed by atoms with Crippen LogP contribution >= 0.6 is 0 Å². The molecular weight excluding hydrogens is 212 g/mol. The normalized spacial score (nSPS) is 49.6. The van der Waals surface area contributed by atoms with Crippen molar-refractivity contribution < 1.29 is 29.2 Å². The fourth-order valence-electron chi connectivity index (χ4n) is 2.44. The van der Waals surface area contributed by atoms with Gasteiger partial charge in [-0.15, -0.1) is 0 Å². The molecule has 0 spiro atoms. The van der Waals surface area contributed by atoms with Crippen molar-refractivity contribution in [1.29, 1.82) is 0 Å². The van der Waals surface area contributed by atoms with Gasteiger partial charge in [-0.25, -0.2) is 8.78 Å². The Balaban J connectivity index is 2.30. The van der Waals surface area contributed by atoms with E-state index in [2.05, 4.69) is 0 Å². The highest BCUT2D eigenvalue weighted by Gasteiger charge is 2.66. The third kappa shape index (κ3) is 1.31. The van der Waals surface area contributed by atoms with Crippen LogP contribution in [0.15, 0.2) is 0 Å². The number of hydrogen-bond donors (Lipinski definition) is 4. The fourth-order valence-corrected chi connectivity index (χ4v) is 2.44. The molecule has 2 rings (SSSR count). The summed E-state index contributed by atoms with van der Waals surface area (Å²) in [4.78, 5) is 1.07. The molecule has 2 aliphatic heterocycles. The zero-order valence-corrected chi connectivity index (χ0v) is 7.79. The van der Waals surface area contributed by atoms with E-state index >= 15 is 0 Å². The van der Waals surface area contributed by atoms with Gasteiger partial charge in [-0.3, -0.25) is 4.90 Å². The minimum atomic E-state index is -3.45. The molecule has 0 aromatic heterocycles. The second kappa shape index (κ2) is 3.33. The van der Waals surface area contributed by atoms with E-state index in [-0.39, 0.29) is 6.54 Å². The minimum absolute atomic E-state index is 0.350. The smallest absolute Gasteiger partial charge is 0.292 e. The molecule has 5 nitrogen and oxygen atoms in total. The van der Waals surface area contributed by atoms with Gasteiger partial charge in [0.25, 0.3) is 5.92 Å². The third-order valence-electron chi connectivity index (χ3n) is 3.26. The van der Waals surface area contributed by atoms with Gasteiger partial charge in [0, 0.05) is 6.54 Å². The molecule has 2 aliphatic rings. The molecule has 0 aromatic rings. The minimum Gasteiger partial charge on any atom is -0.395 e. The molecule has 88 valence electrons. The second-order valence-corrected chi connectivity index (χ2v) is 4.06. The Morgan fingerprint density at radius 2 is 1.80 bits per heavy atom. The van der Waals surface area contributed by atoms with Gasteiger partial charge in [0.05, 0.1) is 18.8 Å². The van der Waals surface area contributed by atoms with Gasteiger partial charge in [0.2, 0.25) is 0 Å². The standard InChI is InChI=1S/C8H13F2NO4/c9-8(10)4(13)1-11-3(2-12)5(14)6(15)7(8)11/h3-7,12-15H,1-2H2/t3-,4-,5-,6+,7+/m1/s1. The highest BCUT2D eigenvalue weighted by molar-refractivity contribution is 5.13. The Morgan fingerprint density at radius 3 is 2.33 bits per heavy atom. The van der Waals surface area contributed by atoms with E-state index in [1.54, 1.807) is 0 Å². The Hall–Kier alpha value is -0.340. The predicted molar refractivity (Wildman–Crippen MR) is 44.3 cm³/mol. The lowest BCUT2D eigenvalue weighted by Crippen LogP contribution is -2.47. The first-order valence-electron chi connectivity index (χ1n) is 4.70. The van der Waals surface area contributed by atoms with E-state index in [0.717, 1.165) is 4.90 Å². The van der Waals surface area contributed by atoms with Gasteiger partial charge in [-0.05, 0) is 0 Å². The van der Waals surface area contributed by atoms with Crippen LogP contribution in [0, 0.1) is 0 Å². The Morgan fingerprint density at radius 1 is 1.20 bits per heavy atom. The molecule has 7 heteroatoms. The molecule has 0 saturated carbocycles. The van der Waals surface area contributed by atoms with Gasteiger partial charge in [0.15, 0.2) is 0 Å². The molecule has 0 unspecified atom stereocenters. The summed E-state index contributed by atoms with van der Waals surface area (Å²) in [5.41, 5.74) is 0. The molecule has 2 heterocycles. The summed E-state index contributed by atoms with van der Waals surface area (Å²) >= 11 is 0. The van der Waals surface area contributed by atoms with Crippen molar-refractivity contribution in [2.75, 3.05) is 13.2 Å². The SMILES string of the molecule is OC[C@@H]1[C@@H](O)[C@H](O)[C@@H]2N1C[C@@H](O)C2(F)F. The molecular formula is C8H13F2NO4. The van der Waals surface area contributed by atoms with E-state index in [0.29, 0.717) is 0 Å². The van der Waals surface area contributed by atoms with E-state index in [1.165, 1.54) is 0 Å². The number of halogens is 2. The summed E-state index contributed by atoms with van der Waals surface area (Å²) in [6.45, 7) is -0.880. The van der Waals surface area contributed by atoms with Gasteiger partial charge < -0.3 is 20.4 Å². The summed E-state index contributed by atoms with van der Waals surface area (Å²) in [5.74, 6) is -3.45. The van der Waals surface area contributed by atoms with Crippen LogP contribution in [0.5, 0.6) is 0 Å². The summed E-state index contributed by atoms with van der Waals surface area (Å²) in [7, 11) is 0. The number of fused-ring (bicyclic) bond motifs is 1. The lowest BCUT2D eigenvalue weighted by atomic mass is 10.0. The molecule has 0 aromatic carbocycles. The van der Waals surface area contributed by atoms with E-state index in [4.69, 9.17) is 10.2 Å². The van der Waals surface area contributed by atoms with Crippen LogP contribution in [0.3, 0.4) is 0 Å². The molecule has 0 bridgehead atoms. The molecule has 0 aliphatic carbocycles. The van der Waals surface area contributed by atoms with Crippen molar-refractivity contribution in [2.45, 2.75) is 36.3 Å². The number of hydrogen-bond acceptors (Lipinski definition) is 5. The van der Waals surface area contributed by atoms with E-state index in [9.17, 15) is 19.0 Å². The van der Waals surface area contributed by atoms with E-state index in [1.807, 2.05) is 0 Å². The molecule has 2 saturated heterocycles. The molecule has 15 heavy (non-hydrogen) atoms. The average molecular weight is 225 g/mol. The maximum Gasteiger partial charge on any atom is 0.292 e. The fraction of sp³-hybridized carbons (Fsp3) is 1.00. The Bertz CT molecular complexity index is 265. The topological polar surface area (TPSA) is 84.2 Å². The zero-order valence-electron chi connectivity index (χ0n) is 7.79. The molecule has 4 N–H and O–H groups in total. The highest BCUT2D eigenvalue weighted by Crippen LogP contribution is 2.42. The molecule has 2 fully saturated rings. The van der Waals surface area contributed by atoms with Crippen molar-refractivity contribution in [3.63, 3.8) is 0 Å². The molecule has 0 radical (unpaired) electrons. The van der Waals surface area contributed by atoms with Crippen LogP contribution in [-0.4, -0.2) is 74.8 Å². The van der Waals surface area contributed by atoms with Crippen LogP contribution in [0.1, 0.15) is 0 Å². The van der Waals surface area contributed by atoms with Crippen LogP contribution in [0.2, 0.25) is 0 Å². The van der Waals surface area contributed by atoms with Gasteiger partial charge >= 0.3 is 0 Å². The predicted octanol–water partition coefficient (Wildman–Crippen LogP) is -2.24. The first-order chi connectivity index (χ1) is 6.91. The van der Waals surface area contributed by atoms with Crippen LogP contribution in [0.25, 0.3) is 0 Å². The van der Waals surface area contributed by atoms with Crippen LogP contribution in [0.4, 0.5) is 8.78 Å². The summed E-state index contributed by atoms with van der Waals surface area (Å²) in [5, 5.41) is 36.9. The maximum atomic E-state index is 13.4. The number of rotatable bonds is 1. The largest absolute Gasteiger partial charge is 0.395 e. The number of aliphatic hydroxyl groups excluding tert-OH is 4. The number of aliphatic hydroxyl groups is 4. The molecule has 0 amide bonds. The lowest BCUT2D eigenvalue weighted by Gasteiger charge is -2.23. The van der Waals surface area contributed by atoms with E-state index < -0.39 is 42.9 Å². The maximum absolute atomic E-state index is 13.4. The molecule has 5 atom stereocenters. The number of alkyl halides is 2. The van der Waals surface area contributed by atoms with Gasteiger partial charge in [-0.2, -0.15) is 0 Å². The lowest BCUT2D eigenvalue weighted by molar-refractivity contribution is -0.124. The van der Waals surface area contributed by atoms with Crippen molar-refractivity contribution in [2.24, 2.45) is 0 Å². The number of nitrogens with zero attached hydrogens (tertiary/aromatic N) is 1. The Kier molecular flexibility index (Phi) is 2.47. The Labute approximate surface area is 84.6 Å². The van der Waals surface area contributed by atoms with Crippen molar-refractivity contribution >= 4 is 0 Å². The van der Waals surface area contributed by atoms with Crippen LogP contribution in [-0.2, 0) is 0 Å². The zero-order chi connectivity index (χ0) is 11.4. The summed E-state index contributed by atoms with van der Waals surface area (Å²) in [6, 6.07) is -2.55. The first-order valence-corrected chi connectivity index (χ1v) is 4.70. The van der Waals surface area contributed by atoms with Crippen LogP contribution < -0.4 is 0 Å². The van der Waals surface area contributed by atoms with Gasteiger partial charge in [0.1, 0.15) is 18.2 Å². The monoisotopic (exact) mass is 225 g/mol. The first kappa shape index (κ1) is 11.2. The van der Waals surface area contributed by atoms with Crippen molar-refractivity contribution in [3.05, 3.63) is 0 Å².